The molecule has 1 aromatic rings. The zero-order chi connectivity index (χ0) is 14.2. The van der Waals surface area contributed by atoms with Gasteiger partial charge in [0.25, 0.3) is 0 Å². The standard InChI is InChI=1S/C13H20N4O2S/c1-10-4-6-17(7-5-10)13-14-8-11(9-15-13)16-20(18,19)12-2-3-12/h8-10,12,16H,2-7H2,1H3. The van der Waals surface area contributed by atoms with Crippen molar-refractivity contribution in [1.82, 2.24) is 9.97 Å². The molecule has 2 aliphatic rings. The predicted molar refractivity (Wildman–Crippen MR) is 78.2 cm³/mol. The zero-order valence-electron chi connectivity index (χ0n) is 11.6. The molecule has 6 nitrogen and oxygen atoms in total. The van der Waals surface area contributed by atoms with E-state index in [1.54, 1.807) is 12.4 Å². The number of piperidine rings is 1. The third kappa shape index (κ3) is 3.03. The van der Waals surface area contributed by atoms with E-state index in [1.165, 1.54) is 0 Å². The van der Waals surface area contributed by atoms with Crippen molar-refractivity contribution in [3.8, 4) is 0 Å². The maximum atomic E-state index is 11.8. The van der Waals surface area contributed by atoms with Gasteiger partial charge in [0, 0.05) is 13.1 Å². The van der Waals surface area contributed by atoms with E-state index in [2.05, 4.69) is 26.5 Å². The second-order valence-corrected chi connectivity index (χ2v) is 7.75. The Morgan fingerprint density at radius 2 is 1.75 bits per heavy atom. The first kappa shape index (κ1) is 13.6. The van der Waals surface area contributed by atoms with Crippen LogP contribution in [0.2, 0.25) is 0 Å². The van der Waals surface area contributed by atoms with Crippen molar-refractivity contribution in [2.75, 3.05) is 22.7 Å². The molecule has 2 heterocycles. The van der Waals surface area contributed by atoms with Crippen molar-refractivity contribution >= 4 is 21.7 Å². The molecule has 0 amide bonds. The van der Waals surface area contributed by atoms with Gasteiger partial charge >= 0.3 is 0 Å². The van der Waals surface area contributed by atoms with E-state index in [0.717, 1.165) is 44.7 Å². The van der Waals surface area contributed by atoms with Gasteiger partial charge in [-0.25, -0.2) is 18.4 Å². The maximum absolute atomic E-state index is 11.8. The minimum absolute atomic E-state index is 0.231. The van der Waals surface area contributed by atoms with Crippen LogP contribution in [0.5, 0.6) is 0 Å². The summed E-state index contributed by atoms with van der Waals surface area (Å²) in [6, 6.07) is 0. The molecule has 0 unspecified atom stereocenters. The van der Waals surface area contributed by atoms with Crippen LogP contribution in [0.1, 0.15) is 32.6 Å². The summed E-state index contributed by atoms with van der Waals surface area (Å²) in [5, 5.41) is -0.231. The minimum atomic E-state index is -3.23. The third-order valence-electron chi connectivity index (χ3n) is 3.93. The first-order valence-electron chi connectivity index (χ1n) is 7.13. The van der Waals surface area contributed by atoms with Gasteiger partial charge in [-0.3, -0.25) is 4.72 Å². The fourth-order valence-corrected chi connectivity index (χ4v) is 3.73. The van der Waals surface area contributed by atoms with Crippen LogP contribution in [0.25, 0.3) is 0 Å². The number of sulfonamides is 1. The molecule has 0 atom stereocenters. The maximum Gasteiger partial charge on any atom is 0.235 e. The van der Waals surface area contributed by atoms with Gasteiger partial charge in [0.15, 0.2) is 0 Å². The van der Waals surface area contributed by atoms with E-state index < -0.39 is 10.0 Å². The van der Waals surface area contributed by atoms with Gasteiger partial charge in [0.2, 0.25) is 16.0 Å². The molecule has 0 bridgehead atoms. The fourth-order valence-electron chi connectivity index (χ4n) is 2.37. The average molecular weight is 296 g/mol. The molecule has 110 valence electrons. The Bertz CT molecular complexity index is 561. The molecule has 20 heavy (non-hydrogen) atoms. The number of hydrogen-bond donors (Lipinski definition) is 1. The largest absolute Gasteiger partial charge is 0.341 e. The number of anilines is 2. The van der Waals surface area contributed by atoms with Crippen LogP contribution in [0.3, 0.4) is 0 Å². The minimum Gasteiger partial charge on any atom is -0.341 e. The Balaban J connectivity index is 1.65. The van der Waals surface area contributed by atoms with Crippen LogP contribution in [-0.4, -0.2) is 36.7 Å². The average Bonchev–Trinajstić information content (AvgIpc) is 3.25. The highest BCUT2D eigenvalue weighted by molar-refractivity contribution is 7.93. The summed E-state index contributed by atoms with van der Waals surface area (Å²) in [6.45, 7) is 4.19. The summed E-state index contributed by atoms with van der Waals surface area (Å²) in [5.41, 5.74) is 0.450. The predicted octanol–water partition coefficient (Wildman–Crippen LogP) is 1.62. The van der Waals surface area contributed by atoms with E-state index in [4.69, 9.17) is 0 Å². The normalized spacial score (nSPS) is 20.9. The highest BCUT2D eigenvalue weighted by Gasteiger charge is 2.35. The Labute approximate surface area is 119 Å². The molecular formula is C13H20N4O2S. The summed E-state index contributed by atoms with van der Waals surface area (Å²) in [5.74, 6) is 1.45. The Morgan fingerprint density at radius 1 is 1.15 bits per heavy atom. The highest BCUT2D eigenvalue weighted by atomic mass is 32.2. The zero-order valence-corrected chi connectivity index (χ0v) is 12.4. The third-order valence-corrected chi connectivity index (χ3v) is 5.80. The van der Waals surface area contributed by atoms with Gasteiger partial charge in [-0.05, 0) is 31.6 Å². The first-order chi connectivity index (χ1) is 9.54. The first-order valence-corrected chi connectivity index (χ1v) is 8.68. The highest BCUT2D eigenvalue weighted by Crippen LogP contribution is 2.29. The van der Waals surface area contributed by atoms with Gasteiger partial charge in [0.1, 0.15) is 0 Å². The van der Waals surface area contributed by atoms with Gasteiger partial charge in [-0.1, -0.05) is 6.92 Å². The van der Waals surface area contributed by atoms with Crippen LogP contribution in [0.15, 0.2) is 12.4 Å². The molecule has 0 radical (unpaired) electrons. The number of hydrogen-bond acceptors (Lipinski definition) is 5. The van der Waals surface area contributed by atoms with E-state index >= 15 is 0 Å². The fraction of sp³-hybridized carbons (Fsp3) is 0.692. The lowest BCUT2D eigenvalue weighted by Crippen LogP contribution is -2.34. The number of nitrogens with zero attached hydrogens (tertiary/aromatic N) is 3. The van der Waals surface area contributed by atoms with Crippen LogP contribution >= 0.6 is 0 Å². The van der Waals surface area contributed by atoms with Crippen molar-refractivity contribution in [3.05, 3.63) is 12.4 Å². The molecule has 1 saturated heterocycles. The summed E-state index contributed by atoms with van der Waals surface area (Å²) < 4.78 is 26.2. The van der Waals surface area contributed by atoms with E-state index in [1.807, 2.05) is 0 Å². The molecule has 1 N–H and O–H groups in total. The number of nitrogens with one attached hydrogen (secondary N) is 1. The SMILES string of the molecule is CC1CCN(c2ncc(NS(=O)(=O)C3CC3)cn2)CC1. The second kappa shape index (κ2) is 5.20. The quantitative estimate of drug-likeness (QED) is 0.913. The molecular weight excluding hydrogens is 276 g/mol. The lowest BCUT2D eigenvalue weighted by molar-refractivity contribution is 0.434. The van der Waals surface area contributed by atoms with Crippen molar-refractivity contribution < 1.29 is 8.42 Å². The van der Waals surface area contributed by atoms with Crippen LogP contribution in [0.4, 0.5) is 11.6 Å². The summed E-state index contributed by atoms with van der Waals surface area (Å²) in [7, 11) is -3.23. The summed E-state index contributed by atoms with van der Waals surface area (Å²) in [6.07, 6.45) is 6.92. The molecule has 1 aromatic heterocycles. The van der Waals surface area contributed by atoms with Crippen LogP contribution in [0, 0.1) is 5.92 Å². The molecule has 1 aliphatic carbocycles. The lowest BCUT2D eigenvalue weighted by atomic mass is 10.00. The van der Waals surface area contributed by atoms with E-state index in [0.29, 0.717) is 11.6 Å². The van der Waals surface area contributed by atoms with Gasteiger partial charge in [0.05, 0.1) is 23.3 Å². The smallest absolute Gasteiger partial charge is 0.235 e. The molecule has 2 fully saturated rings. The molecule has 0 aromatic carbocycles. The van der Waals surface area contributed by atoms with Crippen LogP contribution < -0.4 is 9.62 Å². The Morgan fingerprint density at radius 3 is 2.30 bits per heavy atom. The summed E-state index contributed by atoms with van der Waals surface area (Å²) >= 11 is 0. The molecule has 1 saturated carbocycles. The molecule has 1 aliphatic heterocycles. The second-order valence-electron chi connectivity index (χ2n) is 5.79. The molecule has 3 rings (SSSR count). The Hall–Kier alpha value is -1.37. The number of aromatic nitrogens is 2. The van der Waals surface area contributed by atoms with Crippen molar-refractivity contribution in [1.29, 1.82) is 0 Å². The lowest BCUT2D eigenvalue weighted by Gasteiger charge is -2.30. The monoisotopic (exact) mass is 296 g/mol. The van der Waals surface area contributed by atoms with E-state index in [9.17, 15) is 8.42 Å². The van der Waals surface area contributed by atoms with Gasteiger partial charge < -0.3 is 4.90 Å². The molecule has 7 heteroatoms. The summed E-state index contributed by atoms with van der Waals surface area (Å²) in [4.78, 5) is 10.7. The number of rotatable bonds is 4. The van der Waals surface area contributed by atoms with Crippen molar-refractivity contribution in [3.63, 3.8) is 0 Å². The van der Waals surface area contributed by atoms with Crippen molar-refractivity contribution in [2.45, 2.75) is 37.9 Å². The van der Waals surface area contributed by atoms with Crippen molar-refractivity contribution in [2.24, 2.45) is 5.92 Å². The molecule has 0 spiro atoms. The Kier molecular flexibility index (Phi) is 3.54. The van der Waals surface area contributed by atoms with Gasteiger partial charge in [-0.15, -0.1) is 0 Å². The van der Waals surface area contributed by atoms with E-state index in [-0.39, 0.29) is 5.25 Å². The van der Waals surface area contributed by atoms with Gasteiger partial charge in [-0.2, -0.15) is 0 Å². The topological polar surface area (TPSA) is 75.2 Å². The van der Waals surface area contributed by atoms with Crippen LogP contribution in [-0.2, 0) is 10.0 Å².